The molecule has 0 fully saturated rings. The van der Waals surface area contributed by atoms with Gasteiger partial charge in [-0.25, -0.2) is 0 Å². The maximum atomic E-state index is 9.00. The summed E-state index contributed by atoms with van der Waals surface area (Å²) in [4.78, 5) is 5.76. The Labute approximate surface area is 136 Å². The molecule has 1 aromatic rings. The van der Waals surface area contributed by atoms with Gasteiger partial charge in [0.15, 0.2) is 5.96 Å². The van der Waals surface area contributed by atoms with Gasteiger partial charge in [-0.15, -0.1) is 35.3 Å². The Morgan fingerprint density at radius 1 is 1.47 bits per heavy atom. The van der Waals surface area contributed by atoms with Gasteiger partial charge in [0.1, 0.15) is 0 Å². The minimum atomic E-state index is 0. The van der Waals surface area contributed by atoms with Crippen LogP contribution in [0, 0.1) is 5.92 Å². The number of aliphatic hydroxyl groups excluding tert-OH is 1. The van der Waals surface area contributed by atoms with Crippen LogP contribution in [0.25, 0.3) is 0 Å². The number of nitrogens with one attached hydrogen (secondary N) is 2. The smallest absolute Gasteiger partial charge is 0.191 e. The summed E-state index contributed by atoms with van der Waals surface area (Å²) in [5.41, 5.74) is 0. The topological polar surface area (TPSA) is 56.7 Å². The van der Waals surface area contributed by atoms with E-state index < -0.39 is 0 Å². The Kier molecular flexibility index (Phi) is 10.3. The molecule has 0 aromatic carbocycles. The van der Waals surface area contributed by atoms with Gasteiger partial charge in [-0.05, 0) is 31.2 Å². The monoisotopic (exact) mass is 397 g/mol. The first-order valence-corrected chi connectivity index (χ1v) is 7.24. The Bertz CT molecular complexity index is 357. The lowest BCUT2D eigenvalue weighted by atomic mass is 10.2. The number of halogens is 1. The zero-order chi connectivity index (χ0) is 13.4. The van der Waals surface area contributed by atoms with Crippen molar-refractivity contribution < 1.29 is 5.11 Å². The van der Waals surface area contributed by atoms with Crippen molar-refractivity contribution in [3.05, 3.63) is 22.4 Å². The van der Waals surface area contributed by atoms with Crippen LogP contribution in [0.3, 0.4) is 0 Å². The van der Waals surface area contributed by atoms with E-state index in [1.54, 1.807) is 11.3 Å². The van der Waals surface area contributed by atoms with Gasteiger partial charge in [-0.1, -0.05) is 13.0 Å². The summed E-state index contributed by atoms with van der Waals surface area (Å²) in [5, 5.41) is 17.7. The Balaban J connectivity index is 0.00000324. The maximum absolute atomic E-state index is 9.00. The lowest BCUT2D eigenvalue weighted by Crippen LogP contribution is -2.38. The summed E-state index contributed by atoms with van der Waals surface area (Å²) in [6, 6.07) is 4.41. The largest absolute Gasteiger partial charge is 0.396 e. The van der Waals surface area contributed by atoms with Crippen LogP contribution in [0.1, 0.15) is 31.7 Å². The first kappa shape index (κ1) is 18.7. The van der Waals surface area contributed by atoms with Gasteiger partial charge < -0.3 is 15.7 Å². The molecule has 0 bridgehead atoms. The van der Waals surface area contributed by atoms with Crippen LogP contribution < -0.4 is 10.6 Å². The third kappa shape index (κ3) is 7.12. The van der Waals surface area contributed by atoms with Crippen molar-refractivity contribution in [1.29, 1.82) is 0 Å². The summed E-state index contributed by atoms with van der Waals surface area (Å²) >= 11 is 1.73. The number of rotatable bonds is 6. The zero-order valence-corrected chi connectivity index (χ0v) is 14.9. The number of guanidine groups is 1. The average Bonchev–Trinajstić information content (AvgIpc) is 2.89. The van der Waals surface area contributed by atoms with Crippen LogP contribution in [0.4, 0.5) is 0 Å². The third-order valence-corrected chi connectivity index (χ3v) is 3.60. The normalized spacial score (nSPS) is 14.4. The molecule has 0 aliphatic rings. The molecule has 2 unspecified atom stereocenters. The predicted octanol–water partition coefficient (Wildman–Crippen LogP) is 2.61. The van der Waals surface area contributed by atoms with Crippen molar-refractivity contribution in [1.82, 2.24) is 10.6 Å². The number of hydrogen-bond acceptors (Lipinski definition) is 3. The van der Waals surface area contributed by atoms with E-state index in [2.05, 4.69) is 40.1 Å². The van der Waals surface area contributed by atoms with Gasteiger partial charge in [-0.2, -0.15) is 0 Å². The molecule has 19 heavy (non-hydrogen) atoms. The highest BCUT2D eigenvalue weighted by Gasteiger charge is 2.08. The van der Waals surface area contributed by atoms with Crippen LogP contribution in [-0.2, 0) is 0 Å². The molecule has 0 aliphatic carbocycles. The fourth-order valence-electron chi connectivity index (χ4n) is 1.44. The minimum Gasteiger partial charge on any atom is -0.396 e. The second kappa shape index (κ2) is 10.4. The summed E-state index contributed by atoms with van der Waals surface area (Å²) < 4.78 is 0. The van der Waals surface area contributed by atoms with Crippen LogP contribution >= 0.6 is 35.3 Å². The van der Waals surface area contributed by atoms with Gasteiger partial charge in [0.05, 0.1) is 6.04 Å². The van der Waals surface area contributed by atoms with Crippen LogP contribution in [0.15, 0.2) is 22.5 Å². The highest BCUT2D eigenvalue weighted by Crippen LogP contribution is 2.17. The fourth-order valence-corrected chi connectivity index (χ4v) is 2.17. The van der Waals surface area contributed by atoms with Crippen molar-refractivity contribution in [3.63, 3.8) is 0 Å². The molecular formula is C13H24IN3OS. The van der Waals surface area contributed by atoms with E-state index in [4.69, 9.17) is 5.11 Å². The van der Waals surface area contributed by atoms with E-state index in [1.807, 2.05) is 13.8 Å². The second-order valence-electron chi connectivity index (χ2n) is 4.39. The molecule has 2 atom stereocenters. The average molecular weight is 397 g/mol. The molecule has 4 nitrogen and oxygen atoms in total. The van der Waals surface area contributed by atoms with E-state index in [-0.39, 0.29) is 42.5 Å². The lowest BCUT2D eigenvalue weighted by Gasteiger charge is -2.17. The van der Waals surface area contributed by atoms with Crippen LogP contribution in [-0.4, -0.2) is 30.8 Å². The summed E-state index contributed by atoms with van der Waals surface area (Å²) in [7, 11) is 0. The van der Waals surface area contributed by atoms with Crippen molar-refractivity contribution in [2.45, 2.75) is 26.8 Å². The van der Waals surface area contributed by atoms with Crippen molar-refractivity contribution in [2.24, 2.45) is 10.9 Å². The molecule has 0 aliphatic heterocycles. The molecule has 1 aromatic heterocycles. The van der Waals surface area contributed by atoms with E-state index in [1.165, 1.54) is 4.88 Å². The van der Waals surface area contributed by atoms with Crippen molar-refractivity contribution in [3.8, 4) is 0 Å². The number of aliphatic imine (C=N–C) groups is 1. The standard InChI is InChI=1S/C13H23N3OS.HI/c1-4-14-13(15-8-10(2)9-17)16-11(3)12-6-5-7-18-12;/h5-7,10-11,17H,4,8-9H2,1-3H3,(H2,14,15,16);1H. The van der Waals surface area contributed by atoms with Crippen LogP contribution in [0.5, 0.6) is 0 Å². The molecule has 0 amide bonds. The first-order valence-electron chi connectivity index (χ1n) is 6.36. The Morgan fingerprint density at radius 2 is 2.21 bits per heavy atom. The van der Waals surface area contributed by atoms with E-state index in [0.717, 1.165) is 12.5 Å². The molecule has 110 valence electrons. The summed E-state index contributed by atoms with van der Waals surface area (Å²) in [6.45, 7) is 7.77. The van der Waals surface area contributed by atoms with E-state index >= 15 is 0 Å². The second-order valence-corrected chi connectivity index (χ2v) is 5.37. The van der Waals surface area contributed by atoms with Crippen molar-refractivity contribution in [2.75, 3.05) is 19.7 Å². The highest BCUT2D eigenvalue weighted by molar-refractivity contribution is 14.0. The molecule has 3 N–H and O–H groups in total. The van der Waals surface area contributed by atoms with Crippen molar-refractivity contribution >= 4 is 41.3 Å². The Hall–Kier alpha value is -0.340. The number of thiophene rings is 1. The number of aliphatic hydroxyl groups is 1. The number of hydrogen-bond donors (Lipinski definition) is 3. The molecule has 0 saturated heterocycles. The maximum Gasteiger partial charge on any atom is 0.191 e. The summed E-state index contributed by atoms with van der Waals surface area (Å²) in [5.74, 6) is 0.996. The quantitative estimate of drug-likeness (QED) is 0.393. The van der Waals surface area contributed by atoms with Gasteiger partial charge in [0, 0.05) is 24.6 Å². The molecule has 0 radical (unpaired) electrons. The zero-order valence-electron chi connectivity index (χ0n) is 11.7. The van der Waals surface area contributed by atoms with Gasteiger partial charge >= 0.3 is 0 Å². The predicted molar refractivity (Wildman–Crippen MR) is 93.5 cm³/mol. The number of nitrogens with zero attached hydrogens (tertiary/aromatic N) is 1. The summed E-state index contributed by atoms with van der Waals surface area (Å²) in [6.07, 6.45) is 0. The Morgan fingerprint density at radius 3 is 2.74 bits per heavy atom. The molecule has 1 heterocycles. The highest BCUT2D eigenvalue weighted by atomic mass is 127. The van der Waals surface area contributed by atoms with Crippen LogP contribution in [0.2, 0.25) is 0 Å². The van der Waals surface area contributed by atoms with Gasteiger partial charge in [-0.3, -0.25) is 4.99 Å². The third-order valence-electron chi connectivity index (χ3n) is 2.54. The van der Waals surface area contributed by atoms with Gasteiger partial charge in [0.25, 0.3) is 0 Å². The van der Waals surface area contributed by atoms with Gasteiger partial charge in [0.2, 0.25) is 0 Å². The molecule has 0 saturated carbocycles. The lowest BCUT2D eigenvalue weighted by molar-refractivity contribution is 0.241. The SMILES string of the molecule is CCNC(=NCC(C)CO)NC(C)c1cccs1.I. The minimum absolute atomic E-state index is 0. The molecular weight excluding hydrogens is 373 g/mol. The first-order chi connectivity index (χ1) is 8.67. The molecule has 1 rings (SSSR count). The molecule has 0 spiro atoms. The van der Waals surface area contributed by atoms with E-state index in [9.17, 15) is 0 Å². The fraction of sp³-hybridized carbons (Fsp3) is 0.615. The van der Waals surface area contributed by atoms with E-state index in [0.29, 0.717) is 6.54 Å². The molecule has 6 heteroatoms.